The van der Waals surface area contributed by atoms with E-state index in [-0.39, 0.29) is 24.0 Å². The SMILES string of the molecule is CCc1ccc(CNC(=NC)NCCCCn2ccnc2C)s1.I. The third-order valence-corrected chi connectivity index (χ3v) is 4.99. The number of aromatic nitrogens is 2. The quantitative estimate of drug-likeness (QED) is 0.274. The average Bonchev–Trinajstić information content (AvgIpc) is 3.19. The summed E-state index contributed by atoms with van der Waals surface area (Å²) in [7, 11) is 1.82. The van der Waals surface area contributed by atoms with Gasteiger partial charge in [0.25, 0.3) is 0 Å². The molecule has 0 aliphatic rings. The Bertz CT molecular complexity index is 620. The average molecular weight is 461 g/mol. The number of halogens is 1. The molecule has 2 rings (SSSR count). The van der Waals surface area contributed by atoms with Crippen LogP contribution < -0.4 is 10.6 Å². The molecule has 0 spiro atoms. The van der Waals surface area contributed by atoms with Crippen LogP contribution in [0.1, 0.15) is 35.3 Å². The third kappa shape index (κ3) is 6.80. The highest BCUT2D eigenvalue weighted by molar-refractivity contribution is 14.0. The molecule has 0 aromatic carbocycles. The van der Waals surface area contributed by atoms with E-state index in [0.29, 0.717) is 0 Å². The van der Waals surface area contributed by atoms with Crippen LogP contribution in [0.2, 0.25) is 0 Å². The summed E-state index contributed by atoms with van der Waals surface area (Å²) in [6.07, 6.45) is 7.24. The van der Waals surface area contributed by atoms with Crippen LogP contribution in [0.5, 0.6) is 0 Å². The molecule has 0 fully saturated rings. The number of thiophene rings is 1. The van der Waals surface area contributed by atoms with E-state index in [9.17, 15) is 0 Å². The van der Waals surface area contributed by atoms with E-state index in [2.05, 4.69) is 44.2 Å². The number of nitrogens with one attached hydrogen (secondary N) is 2. The minimum Gasteiger partial charge on any atom is -0.356 e. The van der Waals surface area contributed by atoms with Crippen LogP contribution in [0.15, 0.2) is 29.5 Å². The molecule has 0 aliphatic carbocycles. The summed E-state index contributed by atoms with van der Waals surface area (Å²) in [4.78, 5) is 11.3. The molecular weight excluding hydrogens is 433 g/mol. The lowest BCUT2D eigenvalue weighted by atomic mass is 10.3. The Hall–Kier alpha value is -1.09. The van der Waals surface area contributed by atoms with Gasteiger partial charge in [-0.2, -0.15) is 0 Å². The molecule has 0 unspecified atom stereocenters. The van der Waals surface area contributed by atoms with Crippen LogP contribution >= 0.6 is 35.3 Å². The zero-order valence-corrected chi connectivity index (χ0v) is 17.9. The zero-order chi connectivity index (χ0) is 16.5. The zero-order valence-electron chi connectivity index (χ0n) is 14.7. The van der Waals surface area contributed by atoms with Crippen molar-refractivity contribution < 1.29 is 0 Å². The molecule has 2 aromatic rings. The van der Waals surface area contributed by atoms with Gasteiger partial charge in [0, 0.05) is 42.3 Å². The number of hydrogen-bond donors (Lipinski definition) is 2. The number of nitrogens with zero attached hydrogens (tertiary/aromatic N) is 3. The highest BCUT2D eigenvalue weighted by Gasteiger charge is 2.01. The Kier molecular flexibility index (Phi) is 10.0. The van der Waals surface area contributed by atoms with Crippen molar-refractivity contribution in [3.8, 4) is 0 Å². The maximum absolute atomic E-state index is 4.28. The predicted molar refractivity (Wildman–Crippen MR) is 114 cm³/mol. The van der Waals surface area contributed by atoms with Crippen molar-refractivity contribution in [3.05, 3.63) is 40.1 Å². The minimum absolute atomic E-state index is 0. The molecule has 0 saturated heterocycles. The normalized spacial score (nSPS) is 11.2. The van der Waals surface area contributed by atoms with Crippen LogP contribution in [-0.2, 0) is 19.5 Å². The van der Waals surface area contributed by atoms with Gasteiger partial charge in [0.2, 0.25) is 0 Å². The predicted octanol–water partition coefficient (Wildman–Crippen LogP) is 3.58. The smallest absolute Gasteiger partial charge is 0.191 e. The summed E-state index contributed by atoms with van der Waals surface area (Å²) >= 11 is 1.86. The van der Waals surface area contributed by atoms with Crippen molar-refractivity contribution in [3.63, 3.8) is 0 Å². The Morgan fingerprint density at radius 2 is 2.04 bits per heavy atom. The lowest BCUT2D eigenvalue weighted by Gasteiger charge is -2.11. The summed E-state index contributed by atoms with van der Waals surface area (Å²) < 4.78 is 2.19. The van der Waals surface area contributed by atoms with E-state index in [0.717, 1.165) is 50.7 Å². The lowest BCUT2D eigenvalue weighted by Crippen LogP contribution is -2.37. The number of unbranched alkanes of at least 4 members (excludes halogenated alkanes) is 1. The molecule has 0 atom stereocenters. The van der Waals surface area contributed by atoms with Gasteiger partial charge in [-0.25, -0.2) is 4.98 Å². The van der Waals surface area contributed by atoms with Crippen molar-refractivity contribution >= 4 is 41.3 Å². The molecule has 0 bridgehead atoms. The van der Waals surface area contributed by atoms with E-state index < -0.39 is 0 Å². The number of aliphatic imine (C=N–C) groups is 1. The Morgan fingerprint density at radius 1 is 1.25 bits per heavy atom. The third-order valence-electron chi connectivity index (χ3n) is 3.76. The Labute approximate surface area is 166 Å². The second-order valence-corrected chi connectivity index (χ2v) is 6.70. The number of imidazole rings is 1. The molecule has 0 radical (unpaired) electrons. The summed E-state index contributed by atoms with van der Waals surface area (Å²) in [6, 6.07) is 4.40. The monoisotopic (exact) mass is 461 g/mol. The number of aryl methyl sites for hydroxylation is 3. The fourth-order valence-electron chi connectivity index (χ4n) is 2.35. The standard InChI is InChI=1S/C17H27N5S.HI/c1-4-15-7-8-16(23-15)13-21-17(18-3)20-9-5-6-11-22-12-10-19-14(22)2;/h7-8,10,12H,4-6,9,11,13H2,1-3H3,(H2,18,20,21);1H. The molecule has 0 saturated carbocycles. The maximum Gasteiger partial charge on any atom is 0.191 e. The minimum atomic E-state index is 0. The van der Waals surface area contributed by atoms with E-state index in [1.54, 1.807) is 0 Å². The summed E-state index contributed by atoms with van der Waals surface area (Å²) in [5, 5.41) is 6.74. The van der Waals surface area contributed by atoms with Crippen molar-refractivity contribution in [2.45, 2.75) is 46.2 Å². The van der Waals surface area contributed by atoms with Crippen LogP contribution in [0.3, 0.4) is 0 Å². The first-order valence-electron chi connectivity index (χ1n) is 8.22. The van der Waals surface area contributed by atoms with Crippen molar-refractivity contribution in [1.29, 1.82) is 0 Å². The van der Waals surface area contributed by atoms with E-state index >= 15 is 0 Å². The molecular formula is C17H28IN5S. The maximum atomic E-state index is 4.28. The van der Waals surface area contributed by atoms with Gasteiger partial charge in [-0.15, -0.1) is 35.3 Å². The van der Waals surface area contributed by atoms with Gasteiger partial charge < -0.3 is 15.2 Å². The first-order chi connectivity index (χ1) is 11.2. The van der Waals surface area contributed by atoms with Gasteiger partial charge in [0.15, 0.2) is 5.96 Å². The Morgan fingerprint density at radius 3 is 2.67 bits per heavy atom. The fourth-order valence-corrected chi connectivity index (χ4v) is 3.25. The van der Waals surface area contributed by atoms with E-state index in [1.165, 1.54) is 9.75 Å². The summed E-state index contributed by atoms with van der Waals surface area (Å²) in [6.45, 7) is 7.01. The molecule has 2 N–H and O–H groups in total. The number of rotatable bonds is 8. The van der Waals surface area contributed by atoms with Gasteiger partial charge in [-0.05, 0) is 38.3 Å². The van der Waals surface area contributed by atoms with Gasteiger partial charge in [0.05, 0.1) is 6.54 Å². The molecule has 2 aromatic heterocycles. The van der Waals surface area contributed by atoms with Crippen LogP contribution in [0.25, 0.3) is 0 Å². The summed E-state index contributed by atoms with van der Waals surface area (Å²) in [5.74, 6) is 1.95. The van der Waals surface area contributed by atoms with E-state index in [4.69, 9.17) is 0 Å². The topological polar surface area (TPSA) is 54.2 Å². The first kappa shape index (κ1) is 21.0. The van der Waals surface area contributed by atoms with E-state index in [1.807, 2.05) is 37.7 Å². The van der Waals surface area contributed by atoms with Gasteiger partial charge in [0.1, 0.15) is 5.82 Å². The van der Waals surface area contributed by atoms with Crippen molar-refractivity contribution in [1.82, 2.24) is 20.2 Å². The van der Waals surface area contributed by atoms with Gasteiger partial charge in [-0.1, -0.05) is 6.92 Å². The second-order valence-electron chi connectivity index (χ2n) is 5.45. The highest BCUT2D eigenvalue weighted by Crippen LogP contribution is 2.16. The Balaban J connectivity index is 0.00000288. The van der Waals surface area contributed by atoms with Crippen molar-refractivity contribution in [2.75, 3.05) is 13.6 Å². The van der Waals surface area contributed by atoms with Crippen LogP contribution in [0, 0.1) is 6.92 Å². The van der Waals surface area contributed by atoms with Crippen LogP contribution in [-0.4, -0.2) is 29.1 Å². The van der Waals surface area contributed by atoms with Crippen LogP contribution in [0.4, 0.5) is 0 Å². The molecule has 0 amide bonds. The molecule has 7 heteroatoms. The number of guanidine groups is 1. The molecule has 134 valence electrons. The lowest BCUT2D eigenvalue weighted by molar-refractivity contribution is 0.588. The van der Waals surface area contributed by atoms with Crippen molar-refractivity contribution in [2.24, 2.45) is 4.99 Å². The molecule has 5 nitrogen and oxygen atoms in total. The highest BCUT2D eigenvalue weighted by atomic mass is 127. The molecule has 0 aliphatic heterocycles. The van der Waals surface area contributed by atoms with Gasteiger partial charge >= 0.3 is 0 Å². The fraction of sp³-hybridized carbons (Fsp3) is 0.529. The second kappa shape index (κ2) is 11.5. The molecule has 2 heterocycles. The van der Waals surface area contributed by atoms with Gasteiger partial charge in [-0.3, -0.25) is 4.99 Å². The number of hydrogen-bond acceptors (Lipinski definition) is 3. The molecule has 24 heavy (non-hydrogen) atoms. The first-order valence-corrected chi connectivity index (χ1v) is 9.04. The summed E-state index contributed by atoms with van der Waals surface area (Å²) in [5.41, 5.74) is 0. The largest absolute Gasteiger partial charge is 0.356 e.